The van der Waals surface area contributed by atoms with Crippen LogP contribution in [0.3, 0.4) is 0 Å². The second-order valence-corrected chi connectivity index (χ2v) is 6.45. The summed E-state index contributed by atoms with van der Waals surface area (Å²) in [6, 6.07) is 10.0. The number of pyridine rings is 1. The molecular formula is C18H18ClN5. The van der Waals surface area contributed by atoms with E-state index in [-0.39, 0.29) is 0 Å². The maximum absolute atomic E-state index is 5.99. The smallest absolute Gasteiger partial charge is 0.156 e. The van der Waals surface area contributed by atoms with Crippen molar-refractivity contribution in [2.75, 3.05) is 18.4 Å². The zero-order chi connectivity index (χ0) is 16.4. The van der Waals surface area contributed by atoms with Crippen LogP contribution in [0, 0.1) is 0 Å². The minimum atomic E-state index is 0.380. The SMILES string of the molecule is Clc1ccc(-c2nnc(NC3CCCNC3)c3ccncc23)cc1. The van der Waals surface area contributed by atoms with Crippen LogP contribution >= 0.6 is 11.6 Å². The third kappa shape index (κ3) is 3.05. The highest BCUT2D eigenvalue weighted by atomic mass is 35.5. The van der Waals surface area contributed by atoms with Gasteiger partial charge < -0.3 is 10.6 Å². The first-order valence-electron chi connectivity index (χ1n) is 8.15. The summed E-state index contributed by atoms with van der Waals surface area (Å²) < 4.78 is 0. The number of benzene rings is 1. The monoisotopic (exact) mass is 339 g/mol. The molecule has 1 aromatic carbocycles. The van der Waals surface area contributed by atoms with Crippen LogP contribution < -0.4 is 10.6 Å². The summed E-state index contributed by atoms with van der Waals surface area (Å²) in [7, 11) is 0. The molecule has 0 bridgehead atoms. The number of halogens is 1. The van der Waals surface area contributed by atoms with Crippen molar-refractivity contribution in [2.24, 2.45) is 0 Å². The molecule has 0 radical (unpaired) electrons. The lowest BCUT2D eigenvalue weighted by molar-refractivity contribution is 0.479. The first-order chi connectivity index (χ1) is 11.8. The fourth-order valence-electron chi connectivity index (χ4n) is 3.09. The molecule has 1 fully saturated rings. The van der Waals surface area contributed by atoms with Gasteiger partial charge in [-0.1, -0.05) is 23.7 Å². The molecule has 24 heavy (non-hydrogen) atoms. The van der Waals surface area contributed by atoms with E-state index in [0.29, 0.717) is 11.1 Å². The van der Waals surface area contributed by atoms with Crippen LogP contribution in [0.5, 0.6) is 0 Å². The van der Waals surface area contributed by atoms with Crippen molar-refractivity contribution < 1.29 is 0 Å². The third-order valence-corrected chi connectivity index (χ3v) is 4.59. The van der Waals surface area contributed by atoms with Crippen LogP contribution in [0.25, 0.3) is 22.0 Å². The zero-order valence-corrected chi connectivity index (χ0v) is 13.9. The molecule has 2 N–H and O–H groups in total. The minimum Gasteiger partial charge on any atom is -0.364 e. The number of fused-ring (bicyclic) bond motifs is 1. The van der Waals surface area contributed by atoms with E-state index in [4.69, 9.17) is 11.6 Å². The molecule has 3 heterocycles. The highest BCUT2D eigenvalue weighted by Gasteiger charge is 2.16. The van der Waals surface area contributed by atoms with Gasteiger partial charge in [0.2, 0.25) is 0 Å². The summed E-state index contributed by atoms with van der Waals surface area (Å²) in [4.78, 5) is 4.27. The fourth-order valence-corrected chi connectivity index (χ4v) is 3.22. The molecule has 3 aromatic rings. The Kier molecular flexibility index (Phi) is 4.28. The lowest BCUT2D eigenvalue weighted by Crippen LogP contribution is -2.38. The number of hydrogen-bond donors (Lipinski definition) is 2. The van der Waals surface area contributed by atoms with Gasteiger partial charge in [0.1, 0.15) is 5.69 Å². The Morgan fingerprint density at radius 3 is 2.75 bits per heavy atom. The molecule has 1 saturated heterocycles. The summed E-state index contributed by atoms with van der Waals surface area (Å²) in [5.74, 6) is 0.818. The van der Waals surface area contributed by atoms with Crippen molar-refractivity contribution >= 4 is 28.2 Å². The second kappa shape index (κ2) is 6.71. The number of aromatic nitrogens is 3. The molecule has 1 unspecified atom stereocenters. The van der Waals surface area contributed by atoms with Crippen molar-refractivity contribution in [1.82, 2.24) is 20.5 Å². The lowest BCUT2D eigenvalue weighted by Gasteiger charge is -2.24. The van der Waals surface area contributed by atoms with Gasteiger partial charge in [-0.15, -0.1) is 10.2 Å². The number of anilines is 1. The molecule has 1 aliphatic heterocycles. The van der Waals surface area contributed by atoms with Gasteiger partial charge in [-0.25, -0.2) is 0 Å². The average molecular weight is 340 g/mol. The van der Waals surface area contributed by atoms with Crippen molar-refractivity contribution in [2.45, 2.75) is 18.9 Å². The summed E-state index contributed by atoms with van der Waals surface area (Å²) in [5.41, 5.74) is 1.80. The molecular weight excluding hydrogens is 322 g/mol. The van der Waals surface area contributed by atoms with E-state index < -0.39 is 0 Å². The van der Waals surface area contributed by atoms with Crippen molar-refractivity contribution in [3.63, 3.8) is 0 Å². The maximum Gasteiger partial charge on any atom is 0.156 e. The molecule has 1 aliphatic rings. The van der Waals surface area contributed by atoms with Crippen LogP contribution in [0.4, 0.5) is 5.82 Å². The average Bonchev–Trinajstić information content (AvgIpc) is 2.64. The maximum atomic E-state index is 5.99. The van der Waals surface area contributed by atoms with Gasteiger partial charge in [-0.05, 0) is 37.6 Å². The highest BCUT2D eigenvalue weighted by Crippen LogP contribution is 2.30. The van der Waals surface area contributed by atoms with Crippen molar-refractivity contribution in [3.05, 3.63) is 47.7 Å². The van der Waals surface area contributed by atoms with Gasteiger partial charge in [0.05, 0.1) is 0 Å². The van der Waals surface area contributed by atoms with Gasteiger partial charge in [-0.2, -0.15) is 0 Å². The van der Waals surface area contributed by atoms with E-state index in [9.17, 15) is 0 Å². The number of piperidine rings is 1. The number of nitrogens with zero attached hydrogens (tertiary/aromatic N) is 3. The zero-order valence-electron chi connectivity index (χ0n) is 13.2. The fraction of sp³-hybridized carbons (Fsp3) is 0.278. The van der Waals surface area contributed by atoms with Gasteiger partial charge in [0, 0.05) is 46.3 Å². The van der Waals surface area contributed by atoms with E-state index in [1.165, 1.54) is 6.42 Å². The van der Waals surface area contributed by atoms with Crippen LogP contribution in [0.2, 0.25) is 5.02 Å². The Labute approximate surface area is 145 Å². The summed E-state index contributed by atoms with van der Waals surface area (Å²) >= 11 is 5.99. The molecule has 5 nitrogen and oxygen atoms in total. The standard InChI is InChI=1S/C18H18ClN5/c19-13-5-3-12(4-6-13)17-16-11-21-9-7-15(16)18(24-23-17)22-14-2-1-8-20-10-14/h3-7,9,11,14,20H,1-2,8,10H2,(H,22,24). The van der Waals surface area contributed by atoms with E-state index in [1.807, 2.05) is 36.5 Å². The lowest BCUT2D eigenvalue weighted by atomic mass is 10.1. The Bertz CT molecular complexity index is 844. The predicted octanol–water partition coefficient (Wildman–Crippen LogP) is 3.51. The van der Waals surface area contributed by atoms with Gasteiger partial charge in [-0.3, -0.25) is 4.98 Å². The van der Waals surface area contributed by atoms with Gasteiger partial charge in [0.15, 0.2) is 5.82 Å². The largest absolute Gasteiger partial charge is 0.364 e. The predicted molar refractivity (Wildman–Crippen MR) is 97.3 cm³/mol. The molecule has 0 aliphatic carbocycles. The van der Waals surface area contributed by atoms with E-state index in [1.54, 1.807) is 6.20 Å². The van der Waals surface area contributed by atoms with Gasteiger partial charge in [0.25, 0.3) is 0 Å². The van der Waals surface area contributed by atoms with Crippen LogP contribution in [0.15, 0.2) is 42.7 Å². The van der Waals surface area contributed by atoms with E-state index in [2.05, 4.69) is 25.8 Å². The Hall–Kier alpha value is -2.24. The number of nitrogens with one attached hydrogen (secondary N) is 2. The molecule has 6 heteroatoms. The summed E-state index contributed by atoms with van der Waals surface area (Å²) in [6.07, 6.45) is 5.95. The third-order valence-electron chi connectivity index (χ3n) is 4.34. The summed E-state index contributed by atoms with van der Waals surface area (Å²) in [5, 5.41) is 18.6. The molecule has 0 spiro atoms. The quantitative estimate of drug-likeness (QED) is 0.764. The highest BCUT2D eigenvalue weighted by molar-refractivity contribution is 6.30. The normalized spacial score (nSPS) is 17.8. The van der Waals surface area contributed by atoms with Crippen molar-refractivity contribution in [3.8, 4) is 11.3 Å². The van der Waals surface area contributed by atoms with Crippen LogP contribution in [-0.4, -0.2) is 34.3 Å². The van der Waals surface area contributed by atoms with Crippen LogP contribution in [0.1, 0.15) is 12.8 Å². The first-order valence-corrected chi connectivity index (χ1v) is 8.52. The molecule has 0 saturated carbocycles. The second-order valence-electron chi connectivity index (χ2n) is 6.01. The molecule has 4 rings (SSSR count). The molecule has 0 amide bonds. The van der Waals surface area contributed by atoms with E-state index in [0.717, 1.165) is 47.4 Å². The van der Waals surface area contributed by atoms with Gasteiger partial charge >= 0.3 is 0 Å². The topological polar surface area (TPSA) is 62.7 Å². The molecule has 1 atom stereocenters. The van der Waals surface area contributed by atoms with Crippen LogP contribution in [-0.2, 0) is 0 Å². The Morgan fingerprint density at radius 2 is 1.96 bits per heavy atom. The molecule has 122 valence electrons. The number of rotatable bonds is 3. The number of hydrogen-bond acceptors (Lipinski definition) is 5. The Balaban J connectivity index is 1.75. The Morgan fingerprint density at radius 1 is 1.08 bits per heavy atom. The first kappa shape index (κ1) is 15.3. The van der Waals surface area contributed by atoms with Crippen molar-refractivity contribution in [1.29, 1.82) is 0 Å². The summed E-state index contributed by atoms with van der Waals surface area (Å²) in [6.45, 7) is 2.04. The minimum absolute atomic E-state index is 0.380. The molecule has 2 aromatic heterocycles. The van der Waals surface area contributed by atoms with E-state index >= 15 is 0 Å².